The van der Waals surface area contributed by atoms with Gasteiger partial charge in [0.1, 0.15) is 0 Å². The summed E-state index contributed by atoms with van der Waals surface area (Å²) >= 11 is 0. The second kappa shape index (κ2) is 4.65. The average molecular weight is 227 g/mol. The van der Waals surface area contributed by atoms with Gasteiger partial charge in [-0.05, 0) is 33.0 Å². The standard InChI is InChI=1S/C11H17NO4/c1-11(3-5-12(2)6-4-11)9(14)7-8(13)10(15)16/h7,13H,3-6H2,1-2H3,(H,15,16)/b8-7-. The molecule has 0 atom stereocenters. The Kier molecular flexibility index (Phi) is 3.70. The number of aliphatic carboxylic acids is 1. The van der Waals surface area contributed by atoms with Crippen LogP contribution in [-0.2, 0) is 9.59 Å². The van der Waals surface area contributed by atoms with Gasteiger partial charge in [-0.3, -0.25) is 4.79 Å². The minimum Gasteiger partial charge on any atom is -0.502 e. The highest BCUT2D eigenvalue weighted by atomic mass is 16.4. The third-order valence-electron chi connectivity index (χ3n) is 3.17. The summed E-state index contributed by atoms with van der Waals surface area (Å²) in [6, 6.07) is 0. The van der Waals surface area contributed by atoms with Crippen molar-refractivity contribution in [3.8, 4) is 0 Å². The Morgan fingerprint density at radius 1 is 1.25 bits per heavy atom. The van der Waals surface area contributed by atoms with Crippen LogP contribution in [0, 0.1) is 5.41 Å². The fourth-order valence-electron chi connectivity index (χ4n) is 1.72. The van der Waals surface area contributed by atoms with E-state index in [4.69, 9.17) is 10.2 Å². The Labute approximate surface area is 94.4 Å². The molecule has 5 nitrogen and oxygen atoms in total. The van der Waals surface area contributed by atoms with Gasteiger partial charge in [0.25, 0.3) is 0 Å². The first kappa shape index (κ1) is 12.7. The lowest BCUT2D eigenvalue weighted by Crippen LogP contribution is -2.40. The van der Waals surface area contributed by atoms with E-state index in [-0.39, 0.29) is 5.78 Å². The molecule has 0 unspecified atom stereocenters. The van der Waals surface area contributed by atoms with Crippen molar-refractivity contribution in [2.45, 2.75) is 19.8 Å². The van der Waals surface area contributed by atoms with Crippen LogP contribution < -0.4 is 0 Å². The Morgan fingerprint density at radius 3 is 2.19 bits per heavy atom. The van der Waals surface area contributed by atoms with Gasteiger partial charge in [-0.25, -0.2) is 4.79 Å². The maximum absolute atomic E-state index is 11.8. The molecule has 90 valence electrons. The number of allylic oxidation sites excluding steroid dienone is 1. The zero-order chi connectivity index (χ0) is 12.3. The molecular weight excluding hydrogens is 210 g/mol. The van der Waals surface area contributed by atoms with Crippen LogP contribution in [0.25, 0.3) is 0 Å². The Hall–Kier alpha value is -1.36. The second-order valence-electron chi connectivity index (χ2n) is 4.56. The highest BCUT2D eigenvalue weighted by molar-refractivity contribution is 6.00. The van der Waals surface area contributed by atoms with E-state index >= 15 is 0 Å². The molecule has 1 saturated heterocycles. The highest BCUT2D eigenvalue weighted by Gasteiger charge is 2.35. The van der Waals surface area contributed by atoms with Gasteiger partial charge >= 0.3 is 5.97 Å². The molecule has 0 aromatic heterocycles. The van der Waals surface area contributed by atoms with Crippen LogP contribution in [0.5, 0.6) is 0 Å². The fourth-order valence-corrected chi connectivity index (χ4v) is 1.72. The summed E-state index contributed by atoms with van der Waals surface area (Å²) < 4.78 is 0. The molecule has 0 amide bonds. The van der Waals surface area contributed by atoms with Crippen LogP contribution in [0.15, 0.2) is 11.8 Å². The molecule has 0 radical (unpaired) electrons. The maximum Gasteiger partial charge on any atom is 0.371 e. The highest BCUT2D eigenvalue weighted by Crippen LogP contribution is 2.31. The van der Waals surface area contributed by atoms with Gasteiger partial charge in [0.05, 0.1) is 0 Å². The number of carboxylic acid groups (broad SMARTS) is 1. The predicted molar refractivity (Wildman–Crippen MR) is 58.2 cm³/mol. The van der Waals surface area contributed by atoms with Crippen LogP contribution in [0.3, 0.4) is 0 Å². The van der Waals surface area contributed by atoms with Crippen LogP contribution in [0.2, 0.25) is 0 Å². The quantitative estimate of drug-likeness (QED) is 0.551. The summed E-state index contributed by atoms with van der Waals surface area (Å²) in [7, 11) is 1.98. The monoisotopic (exact) mass is 227 g/mol. The number of carboxylic acids is 1. The normalized spacial score (nSPS) is 21.8. The van der Waals surface area contributed by atoms with Crippen molar-refractivity contribution in [1.29, 1.82) is 0 Å². The SMILES string of the molecule is CN1CCC(C)(C(=O)/C=C(\O)C(=O)O)CC1. The number of piperidine rings is 1. The molecular formula is C11H17NO4. The first-order valence-electron chi connectivity index (χ1n) is 5.22. The van der Waals surface area contributed by atoms with Crippen molar-refractivity contribution < 1.29 is 19.8 Å². The Balaban J connectivity index is 2.74. The zero-order valence-corrected chi connectivity index (χ0v) is 9.56. The predicted octanol–water partition coefficient (Wildman–Crippen LogP) is 0.814. The number of aliphatic hydroxyl groups is 1. The van der Waals surface area contributed by atoms with E-state index in [0.717, 1.165) is 19.2 Å². The summed E-state index contributed by atoms with van der Waals surface area (Å²) in [5, 5.41) is 17.5. The second-order valence-corrected chi connectivity index (χ2v) is 4.56. The summed E-state index contributed by atoms with van der Waals surface area (Å²) in [5.74, 6) is -2.66. The topological polar surface area (TPSA) is 77.8 Å². The number of likely N-dealkylation sites (tertiary alicyclic amines) is 1. The molecule has 0 saturated carbocycles. The smallest absolute Gasteiger partial charge is 0.371 e. The molecule has 0 aromatic rings. The van der Waals surface area contributed by atoms with E-state index in [1.165, 1.54) is 0 Å². The largest absolute Gasteiger partial charge is 0.502 e. The van der Waals surface area contributed by atoms with Gasteiger partial charge in [0.15, 0.2) is 5.78 Å². The first-order chi connectivity index (χ1) is 7.35. The van der Waals surface area contributed by atoms with Gasteiger partial charge in [-0.1, -0.05) is 6.92 Å². The number of carbonyl (C=O) groups excluding carboxylic acids is 1. The molecule has 0 aliphatic carbocycles. The lowest BCUT2D eigenvalue weighted by Gasteiger charge is -2.35. The number of carbonyl (C=O) groups is 2. The number of aliphatic hydroxyl groups excluding tert-OH is 1. The van der Waals surface area contributed by atoms with Crippen molar-refractivity contribution in [3.05, 3.63) is 11.8 Å². The average Bonchev–Trinajstić information content (AvgIpc) is 2.22. The van der Waals surface area contributed by atoms with Crippen molar-refractivity contribution in [2.75, 3.05) is 20.1 Å². The fraction of sp³-hybridized carbons (Fsp3) is 0.636. The van der Waals surface area contributed by atoms with Gasteiger partial charge in [0, 0.05) is 11.5 Å². The van der Waals surface area contributed by atoms with Gasteiger partial charge in [-0.15, -0.1) is 0 Å². The van der Waals surface area contributed by atoms with Crippen LogP contribution in [-0.4, -0.2) is 47.0 Å². The van der Waals surface area contributed by atoms with Crippen molar-refractivity contribution in [1.82, 2.24) is 4.90 Å². The lowest BCUT2D eigenvalue weighted by molar-refractivity contribution is -0.136. The van der Waals surface area contributed by atoms with Gasteiger partial charge in [0.2, 0.25) is 5.76 Å². The van der Waals surface area contributed by atoms with E-state index in [9.17, 15) is 9.59 Å². The van der Waals surface area contributed by atoms with E-state index in [1.807, 2.05) is 14.0 Å². The number of nitrogens with zero attached hydrogens (tertiary/aromatic N) is 1. The summed E-state index contributed by atoms with van der Waals surface area (Å²) in [4.78, 5) is 24.3. The van der Waals surface area contributed by atoms with E-state index in [2.05, 4.69) is 4.90 Å². The summed E-state index contributed by atoms with van der Waals surface area (Å²) in [6.45, 7) is 3.43. The minimum atomic E-state index is -1.47. The zero-order valence-electron chi connectivity index (χ0n) is 9.56. The molecule has 2 N–H and O–H groups in total. The molecule has 1 aliphatic heterocycles. The number of hydrogen-bond donors (Lipinski definition) is 2. The van der Waals surface area contributed by atoms with Crippen LogP contribution in [0.1, 0.15) is 19.8 Å². The van der Waals surface area contributed by atoms with Gasteiger partial charge in [-0.2, -0.15) is 0 Å². The number of ketones is 1. The Morgan fingerprint density at radius 2 is 1.75 bits per heavy atom. The van der Waals surface area contributed by atoms with E-state index in [0.29, 0.717) is 12.8 Å². The van der Waals surface area contributed by atoms with E-state index < -0.39 is 17.1 Å². The number of rotatable bonds is 3. The molecule has 16 heavy (non-hydrogen) atoms. The molecule has 1 aliphatic rings. The van der Waals surface area contributed by atoms with Crippen molar-refractivity contribution >= 4 is 11.8 Å². The molecule has 1 heterocycles. The van der Waals surface area contributed by atoms with E-state index in [1.54, 1.807) is 0 Å². The van der Waals surface area contributed by atoms with Gasteiger partial charge < -0.3 is 15.1 Å². The molecule has 1 fully saturated rings. The molecule has 0 bridgehead atoms. The first-order valence-corrected chi connectivity index (χ1v) is 5.22. The summed E-state index contributed by atoms with van der Waals surface area (Å²) in [6.07, 6.45) is 2.20. The van der Waals surface area contributed by atoms with Crippen molar-refractivity contribution in [2.24, 2.45) is 5.41 Å². The molecule has 0 spiro atoms. The van der Waals surface area contributed by atoms with Crippen molar-refractivity contribution in [3.63, 3.8) is 0 Å². The third kappa shape index (κ3) is 2.82. The molecule has 5 heteroatoms. The van der Waals surface area contributed by atoms with Crippen LogP contribution >= 0.6 is 0 Å². The maximum atomic E-state index is 11.8. The van der Waals surface area contributed by atoms with Crippen LogP contribution in [0.4, 0.5) is 0 Å². The molecule has 1 rings (SSSR count). The third-order valence-corrected chi connectivity index (χ3v) is 3.17. The Bertz CT molecular complexity index is 327. The lowest BCUT2D eigenvalue weighted by atomic mass is 9.76. The minimum absolute atomic E-state index is 0.305. The molecule has 0 aromatic carbocycles. The summed E-state index contributed by atoms with van der Waals surface area (Å²) in [5.41, 5.74) is -0.546. The number of hydrogen-bond acceptors (Lipinski definition) is 4.